The van der Waals surface area contributed by atoms with Gasteiger partial charge in [0, 0.05) is 11.3 Å². The zero-order valence-corrected chi connectivity index (χ0v) is 15.5. The lowest BCUT2D eigenvalue weighted by molar-refractivity contribution is 0.102. The van der Waals surface area contributed by atoms with Crippen LogP contribution in [0.2, 0.25) is 0 Å². The van der Waals surface area contributed by atoms with Gasteiger partial charge in [-0.2, -0.15) is 0 Å². The van der Waals surface area contributed by atoms with E-state index in [-0.39, 0.29) is 5.91 Å². The zero-order valence-electron chi connectivity index (χ0n) is 15.5. The van der Waals surface area contributed by atoms with Crippen LogP contribution in [0.25, 0.3) is 0 Å². The van der Waals surface area contributed by atoms with Crippen LogP contribution in [0.3, 0.4) is 0 Å². The number of hydrogen-bond acceptors (Lipinski definition) is 3. The first kappa shape index (κ1) is 18.8. The van der Waals surface area contributed by atoms with Gasteiger partial charge in [-0.15, -0.1) is 0 Å². The molecular weight excluding hydrogens is 314 g/mol. The number of nitrogens with one attached hydrogen (secondary N) is 1. The summed E-state index contributed by atoms with van der Waals surface area (Å²) in [5, 5.41) is 2.97. The summed E-state index contributed by atoms with van der Waals surface area (Å²) >= 11 is 0. The molecule has 0 aromatic heterocycles. The highest BCUT2D eigenvalue weighted by Crippen LogP contribution is 2.29. The third-order valence-electron chi connectivity index (χ3n) is 4.03. The molecule has 0 atom stereocenters. The SMILES string of the molecule is CCc1ccccc1NC(=O)c1ccc(OCCC(C)C)c(OC)c1. The molecule has 0 saturated heterocycles. The fraction of sp³-hybridized carbons (Fsp3) is 0.381. The van der Waals surface area contributed by atoms with Crippen LogP contribution in [0, 0.1) is 5.92 Å². The Kier molecular flexibility index (Phi) is 6.87. The summed E-state index contributed by atoms with van der Waals surface area (Å²) in [4.78, 5) is 12.6. The van der Waals surface area contributed by atoms with E-state index >= 15 is 0 Å². The Morgan fingerprint density at radius 1 is 1.12 bits per heavy atom. The second-order valence-corrected chi connectivity index (χ2v) is 6.36. The number of anilines is 1. The van der Waals surface area contributed by atoms with Crippen molar-refractivity contribution in [2.45, 2.75) is 33.6 Å². The molecule has 25 heavy (non-hydrogen) atoms. The minimum Gasteiger partial charge on any atom is -0.493 e. The molecule has 0 aliphatic rings. The first-order chi connectivity index (χ1) is 12.0. The van der Waals surface area contributed by atoms with E-state index in [1.165, 1.54) is 0 Å². The summed E-state index contributed by atoms with van der Waals surface area (Å²) < 4.78 is 11.2. The number of rotatable bonds is 8. The van der Waals surface area contributed by atoms with Crippen LogP contribution in [0.5, 0.6) is 11.5 Å². The lowest BCUT2D eigenvalue weighted by atomic mass is 10.1. The average Bonchev–Trinajstić information content (AvgIpc) is 2.62. The van der Waals surface area contributed by atoms with Gasteiger partial charge in [-0.25, -0.2) is 0 Å². The Hall–Kier alpha value is -2.49. The van der Waals surface area contributed by atoms with Crippen molar-refractivity contribution in [2.75, 3.05) is 19.0 Å². The number of benzene rings is 2. The van der Waals surface area contributed by atoms with Gasteiger partial charge >= 0.3 is 0 Å². The third kappa shape index (κ3) is 5.24. The number of carbonyl (C=O) groups is 1. The van der Waals surface area contributed by atoms with Crippen LogP contribution in [-0.4, -0.2) is 19.6 Å². The molecule has 0 unspecified atom stereocenters. The smallest absolute Gasteiger partial charge is 0.255 e. The van der Waals surface area contributed by atoms with Gasteiger partial charge in [-0.05, 0) is 48.6 Å². The number of amides is 1. The largest absolute Gasteiger partial charge is 0.493 e. The number of carbonyl (C=O) groups excluding carboxylic acids is 1. The van der Waals surface area contributed by atoms with Gasteiger partial charge in [-0.3, -0.25) is 4.79 Å². The number of para-hydroxylation sites is 1. The summed E-state index contributed by atoms with van der Waals surface area (Å²) in [7, 11) is 1.58. The maximum Gasteiger partial charge on any atom is 0.255 e. The molecule has 0 heterocycles. The molecule has 4 heteroatoms. The topological polar surface area (TPSA) is 47.6 Å². The van der Waals surface area contributed by atoms with Gasteiger partial charge in [0.1, 0.15) is 0 Å². The van der Waals surface area contributed by atoms with E-state index in [4.69, 9.17) is 9.47 Å². The summed E-state index contributed by atoms with van der Waals surface area (Å²) in [6.45, 7) is 7.01. The minimum atomic E-state index is -0.159. The molecule has 2 aromatic rings. The van der Waals surface area contributed by atoms with E-state index < -0.39 is 0 Å². The van der Waals surface area contributed by atoms with Crippen molar-refractivity contribution in [2.24, 2.45) is 5.92 Å². The lowest BCUT2D eigenvalue weighted by Crippen LogP contribution is -2.13. The number of aryl methyl sites for hydroxylation is 1. The Labute approximate surface area is 150 Å². The second kappa shape index (κ2) is 9.11. The normalized spacial score (nSPS) is 10.6. The van der Waals surface area contributed by atoms with Crippen molar-refractivity contribution in [3.05, 3.63) is 53.6 Å². The maximum atomic E-state index is 12.6. The molecule has 0 saturated carbocycles. The average molecular weight is 341 g/mol. The van der Waals surface area contributed by atoms with Gasteiger partial charge < -0.3 is 14.8 Å². The van der Waals surface area contributed by atoms with E-state index in [1.807, 2.05) is 24.3 Å². The predicted molar refractivity (Wildman–Crippen MR) is 102 cm³/mol. The Balaban J connectivity index is 2.12. The molecule has 0 aliphatic heterocycles. The van der Waals surface area contributed by atoms with Gasteiger partial charge in [0.2, 0.25) is 0 Å². The highest BCUT2D eigenvalue weighted by atomic mass is 16.5. The fourth-order valence-corrected chi connectivity index (χ4v) is 2.48. The molecule has 0 fully saturated rings. The van der Waals surface area contributed by atoms with Gasteiger partial charge in [0.05, 0.1) is 13.7 Å². The summed E-state index contributed by atoms with van der Waals surface area (Å²) in [5.74, 6) is 1.65. The monoisotopic (exact) mass is 341 g/mol. The third-order valence-corrected chi connectivity index (χ3v) is 4.03. The van der Waals surface area contributed by atoms with Crippen molar-refractivity contribution >= 4 is 11.6 Å². The molecule has 0 bridgehead atoms. The summed E-state index contributed by atoms with van der Waals surface area (Å²) in [5.41, 5.74) is 2.49. The van der Waals surface area contributed by atoms with Crippen LogP contribution in [0.4, 0.5) is 5.69 Å². The predicted octanol–water partition coefficient (Wildman–Crippen LogP) is 4.93. The number of methoxy groups -OCH3 is 1. The molecule has 0 spiro atoms. The van der Waals surface area contributed by atoms with Crippen LogP contribution in [0.1, 0.15) is 43.1 Å². The second-order valence-electron chi connectivity index (χ2n) is 6.36. The molecule has 2 rings (SSSR count). The molecule has 0 aliphatic carbocycles. The Morgan fingerprint density at radius 3 is 2.56 bits per heavy atom. The molecule has 1 N–H and O–H groups in total. The van der Waals surface area contributed by atoms with E-state index in [0.717, 1.165) is 24.1 Å². The van der Waals surface area contributed by atoms with Crippen molar-refractivity contribution in [3.63, 3.8) is 0 Å². The fourth-order valence-electron chi connectivity index (χ4n) is 2.48. The van der Waals surface area contributed by atoms with E-state index in [2.05, 4.69) is 26.1 Å². The summed E-state index contributed by atoms with van der Waals surface area (Å²) in [6.07, 6.45) is 1.83. The van der Waals surface area contributed by atoms with Gasteiger partial charge in [0.25, 0.3) is 5.91 Å². The highest BCUT2D eigenvalue weighted by Gasteiger charge is 2.13. The maximum absolute atomic E-state index is 12.6. The lowest BCUT2D eigenvalue weighted by Gasteiger charge is -2.14. The first-order valence-corrected chi connectivity index (χ1v) is 8.75. The molecule has 2 aromatic carbocycles. The van der Waals surface area contributed by atoms with Gasteiger partial charge in [-0.1, -0.05) is 39.0 Å². The van der Waals surface area contributed by atoms with Crippen LogP contribution >= 0.6 is 0 Å². The highest BCUT2D eigenvalue weighted by molar-refractivity contribution is 6.05. The molecular formula is C21H27NO3. The van der Waals surface area contributed by atoms with E-state index in [0.29, 0.717) is 29.6 Å². The quantitative estimate of drug-likeness (QED) is 0.740. The van der Waals surface area contributed by atoms with Crippen LogP contribution in [-0.2, 0) is 6.42 Å². The molecule has 4 nitrogen and oxygen atoms in total. The standard InChI is InChI=1S/C21H27NO3/c1-5-16-8-6-7-9-18(16)22-21(23)17-10-11-19(20(14-17)24-4)25-13-12-15(2)3/h6-11,14-15H,5,12-13H2,1-4H3,(H,22,23). The molecule has 134 valence electrons. The van der Waals surface area contributed by atoms with Crippen molar-refractivity contribution in [1.29, 1.82) is 0 Å². The number of hydrogen-bond donors (Lipinski definition) is 1. The summed E-state index contributed by atoms with van der Waals surface area (Å²) in [6, 6.07) is 13.1. The van der Waals surface area contributed by atoms with E-state index in [9.17, 15) is 4.79 Å². The Morgan fingerprint density at radius 2 is 1.88 bits per heavy atom. The van der Waals surface area contributed by atoms with Crippen molar-refractivity contribution in [1.82, 2.24) is 0 Å². The molecule has 1 amide bonds. The van der Waals surface area contributed by atoms with Gasteiger partial charge in [0.15, 0.2) is 11.5 Å². The van der Waals surface area contributed by atoms with E-state index in [1.54, 1.807) is 25.3 Å². The van der Waals surface area contributed by atoms with Crippen LogP contribution in [0.15, 0.2) is 42.5 Å². The number of ether oxygens (including phenoxy) is 2. The van der Waals surface area contributed by atoms with Crippen molar-refractivity contribution in [3.8, 4) is 11.5 Å². The Bertz CT molecular complexity index is 710. The van der Waals surface area contributed by atoms with Crippen LogP contribution < -0.4 is 14.8 Å². The van der Waals surface area contributed by atoms with Crippen molar-refractivity contribution < 1.29 is 14.3 Å². The first-order valence-electron chi connectivity index (χ1n) is 8.75. The minimum absolute atomic E-state index is 0.159. The molecule has 0 radical (unpaired) electrons. The zero-order chi connectivity index (χ0) is 18.2.